The van der Waals surface area contributed by atoms with E-state index in [2.05, 4.69) is 15.9 Å². The Morgan fingerprint density at radius 1 is 1.47 bits per heavy atom. The second-order valence-corrected chi connectivity index (χ2v) is 4.39. The van der Waals surface area contributed by atoms with Crippen LogP contribution in [0.1, 0.15) is 25.1 Å². The maximum absolute atomic E-state index is 13.5. The topological polar surface area (TPSA) is 39.2 Å². The first kappa shape index (κ1) is 10.6. The van der Waals surface area contributed by atoms with Gasteiger partial charge in [0.05, 0.1) is 6.04 Å². The van der Waals surface area contributed by atoms with Crippen molar-refractivity contribution in [3.8, 4) is 0 Å². The fourth-order valence-corrected chi connectivity index (χ4v) is 1.93. The smallest absolute Gasteiger partial charge is 0.170 e. The van der Waals surface area contributed by atoms with Crippen molar-refractivity contribution in [1.82, 2.24) is 0 Å². The molecule has 1 aromatic carbocycles. The molecule has 0 aliphatic rings. The van der Waals surface area contributed by atoms with E-state index >= 15 is 0 Å². The second-order valence-electron chi connectivity index (χ2n) is 3.47. The highest BCUT2D eigenvalue weighted by molar-refractivity contribution is 9.10. The summed E-state index contributed by atoms with van der Waals surface area (Å²) in [7, 11) is 0. The number of furan rings is 1. The monoisotopic (exact) mass is 271 g/mol. The minimum Gasteiger partial charge on any atom is -0.456 e. The third-order valence-electron chi connectivity index (χ3n) is 2.36. The summed E-state index contributed by atoms with van der Waals surface area (Å²) in [6.07, 6.45) is 0.766. The molecule has 0 spiro atoms. The largest absolute Gasteiger partial charge is 0.456 e. The quantitative estimate of drug-likeness (QED) is 0.904. The predicted octanol–water partition coefficient (Wildman–Crippen LogP) is 3.74. The zero-order valence-corrected chi connectivity index (χ0v) is 9.84. The SMILES string of the molecule is CCC(N)c1cc2cc(Br)cc(F)c2o1. The summed E-state index contributed by atoms with van der Waals surface area (Å²) in [5.74, 6) is 0.262. The van der Waals surface area contributed by atoms with Gasteiger partial charge in [0.1, 0.15) is 5.76 Å². The van der Waals surface area contributed by atoms with Gasteiger partial charge in [0.2, 0.25) is 0 Å². The highest BCUT2D eigenvalue weighted by Crippen LogP contribution is 2.29. The molecule has 1 atom stereocenters. The van der Waals surface area contributed by atoms with E-state index in [4.69, 9.17) is 10.2 Å². The molecule has 2 rings (SSSR count). The van der Waals surface area contributed by atoms with Crippen molar-refractivity contribution >= 4 is 26.9 Å². The summed E-state index contributed by atoms with van der Waals surface area (Å²) in [6, 6.07) is 4.81. The molecule has 0 fully saturated rings. The van der Waals surface area contributed by atoms with Crippen molar-refractivity contribution < 1.29 is 8.81 Å². The Labute approximate surface area is 95.4 Å². The van der Waals surface area contributed by atoms with Crippen LogP contribution in [-0.4, -0.2) is 0 Å². The zero-order chi connectivity index (χ0) is 11.0. The van der Waals surface area contributed by atoms with E-state index in [9.17, 15) is 4.39 Å². The van der Waals surface area contributed by atoms with Gasteiger partial charge in [-0.2, -0.15) is 0 Å². The van der Waals surface area contributed by atoms with Crippen LogP contribution in [0.15, 0.2) is 27.1 Å². The van der Waals surface area contributed by atoms with Crippen molar-refractivity contribution in [2.75, 3.05) is 0 Å². The van der Waals surface area contributed by atoms with E-state index < -0.39 is 0 Å². The molecule has 1 aromatic heterocycles. The van der Waals surface area contributed by atoms with Crippen molar-refractivity contribution in [2.45, 2.75) is 19.4 Å². The van der Waals surface area contributed by atoms with Crippen LogP contribution in [0.2, 0.25) is 0 Å². The Bertz CT molecular complexity index is 495. The first-order chi connectivity index (χ1) is 7.11. The Kier molecular flexibility index (Phi) is 2.80. The first-order valence-corrected chi connectivity index (χ1v) is 5.55. The average molecular weight is 272 g/mol. The lowest BCUT2D eigenvalue weighted by molar-refractivity contribution is 0.473. The molecule has 0 radical (unpaired) electrons. The molecule has 15 heavy (non-hydrogen) atoms. The van der Waals surface area contributed by atoms with Crippen molar-refractivity contribution in [3.63, 3.8) is 0 Å². The lowest BCUT2D eigenvalue weighted by atomic mass is 10.2. The van der Waals surface area contributed by atoms with Crippen LogP contribution in [-0.2, 0) is 0 Å². The fraction of sp³-hybridized carbons (Fsp3) is 0.273. The molecule has 80 valence electrons. The number of hydrogen-bond acceptors (Lipinski definition) is 2. The van der Waals surface area contributed by atoms with Crippen molar-refractivity contribution in [1.29, 1.82) is 0 Å². The van der Waals surface area contributed by atoms with E-state index in [0.717, 1.165) is 11.8 Å². The molecular weight excluding hydrogens is 261 g/mol. The molecule has 1 heterocycles. The average Bonchev–Trinajstić information content (AvgIpc) is 2.60. The minimum absolute atomic E-state index is 0.171. The van der Waals surface area contributed by atoms with Gasteiger partial charge in [0, 0.05) is 9.86 Å². The Morgan fingerprint density at radius 2 is 2.20 bits per heavy atom. The van der Waals surface area contributed by atoms with Crippen molar-refractivity contribution in [3.05, 3.63) is 34.2 Å². The first-order valence-electron chi connectivity index (χ1n) is 4.76. The Balaban J connectivity index is 2.60. The molecule has 2 N–H and O–H groups in total. The van der Waals surface area contributed by atoms with Gasteiger partial charge in [0.15, 0.2) is 11.4 Å². The third kappa shape index (κ3) is 1.92. The molecular formula is C11H11BrFNO. The summed E-state index contributed by atoms with van der Waals surface area (Å²) in [5, 5.41) is 0.737. The number of nitrogens with two attached hydrogens (primary N) is 1. The molecule has 0 saturated heterocycles. The Morgan fingerprint density at radius 3 is 2.87 bits per heavy atom. The van der Waals surface area contributed by atoms with Gasteiger partial charge in [-0.25, -0.2) is 4.39 Å². The fourth-order valence-electron chi connectivity index (χ4n) is 1.48. The van der Waals surface area contributed by atoms with Crippen molar-refractivity contribution in [2.24, 2.45) is 5.73 Å². The van der Waals surface area contributed by atoms with Gasteiger partial charge in [-0.3, -0.25) is 0 Å². The Hall–Kier alpha value is -0.870. The minimum atomic E-state index is -0.367. The maximum Gasteiger partial charge on any atom is 0.170 e. The summed E-state index contributed by atoms with van der Waals surface area (Å²) in [5.41, 5.74) is 6.09. The molecule has 0 bridgehead atoms. The second kappa shape index (κ2) is 3.94. The summed E-state index contributed by atoms with van der Waals surface area (Å²) >= 11 is 3.23. The molecule has 0 aliphatic heterocycles. The summed E-state index contributed by atoms with van der Waals surface area (Å²) in [4.78, 5) is 0. The number of fused-ring (bicyclic) bond motifs is 1. The van der Waals surface area contributed by atoms with E-state index in [1.807, 2.05) is 13.0 Å². The van der Waals surface area contributed by atoms with E-state index in [0.29, 0.717) is 10.2 Å². The summed E-state index contributed by atoms with van der Waals surface area (Å²) < 4.78 is 19.5. The molecule has 2 nitrogen and oxygen atoms in total. The number of benzene rings is 1. The predicted molar refractivity (Wildman–Crippen MR) is 61.1 cm³/mol. The number of hydrogen-bond donors (Lipinski definition) is 1. The number of halogens is 2. The van der Waals surface area contributed by atoms with Crippen LogP contribution in [0.5, 0.6) is 0 Å². The van der Waals surface area contributed by atoms with Crippen LogP contribution in [0.25, 0.3) is 11.0 Å². The lowest BCUT2D eigenvalue weighted by Crippen LogP contribution is -2.06. The van der Waals surface area contributed by atoms with E-state index in [1.165, 1.54) is 6.07 Å². The van der Waals surface area contributed by atoms with Gasteiger partial charge < -0.3 is 10.2 Å². The van der Waals surface area contributed by atoms with Gasteiger partial charge in [-0.15, -0.1) is 0 Å². The van der Waals surface area contributed by atoms with Crippen LogP contribution in [0, 0.1) is 5.82 Å². The standard InChI is InChI=1S/C11H11BrFNO/c1-2-9(14)10-4-6-3-7(12)5-8(13)11(6)15-10/h3-5,9H,2,14H2,1H3. The van der Waals surface area contributed by atoms with Gasteiger partial charge in [-0.05, 0) is 24.6 Å². The van der Waals surface area contributed by atoms with E-state index in [1.54, 1.807) is 6.07 Å². The third-order valence-corrected chi connectivity index (χ3v) is 2.82. The van der Waals surface area contributed by atoms with Crippen LogP contribution < -0.4 is 5.73 Å². The highest BCUT2D eigenvalue weighted by Gasteiger charge is 2.13. The van der Waals surface area contributed by atoms with Gasteiger partial charge in [0.25, 0.3) is 0 Å². The lowest BCUT2D eigenvalue weighted by Gasteiger charge is -2.02. The number of rotatable bonds is 2. The van der Waals surface area contributed by atoms with Crippen LogP contribution in [0.3, 0.4) is 0 Å². The molecule has 0 aliphatic carbocycles. The van der Waals surface area contributed by atoms with Gasteiger partial charge in [-0.1, -0.05) is 22.9 Å². The molecule has 1 unspecified atom stereocenters. The molecule has 2 aromatic rings. The normalized spacial score (nSPS) is 13.3. The van der Waals surface area contributed by atoms with Crippen LogP contribution >= 0.6 is 15.9 Å². The van der Waals surface area contributed by atoms with Crippen LogP contribution in [0.4, 0.5) is 4.39 Å². The van der Waals surface area contributed by atoms with Gasteiger partial charge >= 0.3 is 0 Å². The molecule has 4 heteroatoms. The highest BCUT2D eigenvalue weighted by atomic mass is 79.9. The summed E-state index contributed by atoms with van der Waals surface area (Å²) in [6.45, 7) is 1.96. The van der Waals surface area contributed by atoms with E-state index in [-0.39, 0.29) is 17.4 Å². The zero-order valence-electron chi connectivity index (χ0n) is 8.26. The molecule has 0 saturated carbocycles. The maximum atomic E-state index is 13.5. The molecule has 0 amide bonds.